The maximum atomic E-state index is 13.5. The highest BCUT2D eigenvalue weighted by molar-refractivity contribution is 5.85. The number of carbonyl (C=O) groups excluding carboxylic acids is 2. The van der Waals surface area contributed by atoms with Crippen LogP contribution < -0.4 is 5.32 Å². The number of nitrogens with zero attached hydrogens (tertiary/aromatic N) is 4. The monoisotopic (exact) mass is 395 g/mol. The van der Waals surface area contributed by atoms with Crippen LogP contribution in [-0.4, -0.2) is 70.7 Å². The zero-order valence-corrected chi connectivity index (χ0v) is 17.0. The maximum Gasteiger partial charge on any atom is 0.250 e. The molecule has 0 aliphatic carbocycles. The summed E-state index contributed by atoms with van der Waals surface area (Å²) in [6.07, 6.45) is 5.51. The molecule has 0 radical (unpaired) electrons. The van der Waals surface area contributed by atoms with Crippen molar-refractivity contribution in [1.29, 1.82) is 0 Å². The van der Waals surface area contributed by atoms with Gasteiger partial charge in [-0.1, -0.05) is 29.8 Å². The van der Waals surface area contributed by atoms with Crippen LogP contribution in [0.15, 0.2) is 42.7 Å². The minimum Gasteiger partial charge on any atom is -0.339 e. The molecule has 0 bridgehead atoms. The molecule has 2 aliphatic rings. The summed E-state index contributed by atoms with van der Waals surface area (Å²) in [5, 5.41) is 7.74. The molecule has 1 N–H and O–H groups in total. The number of piperazine rings is 1. The van der Waals surface area contributed by atoms with Gasteiger partial charge in [0.1, 0.15) is 5.54 Å². The number of hydrogen-bond acceptors (Lipinski definition) is 4. The minimum absolute atomic E-state index is 0.129. The van der Waals surface area contributed by atoms with Crippen molar-refractivity contribution in [3.63, 3.8) is 0 Å². The second-order valence-corrected chi connectivity index (χ2v) is 8.07. The lowest BCUT2D eigenvalue weighted by Gasteiger charge is -2.43. The first-order chi connectivity index (χ1) is 14.1. The van der Waals surface area contributed by atoms with E-state index in [1.807, 2.05) is 57.9 Å². The lowest BCUT2D eigenvalue weighted by Crippen LogP contribution is -2.60. The molecule has 1 aromatic carbocycles. The van der Waals surface area contributed by atoms with Gasteiger partial charge in [0.25, 0.3) is 5.91 Å². The first-order valence-electron chi connectivity index (χ1n) is 10.4. The SMILES string of the molecule is Cc1ccc(CC(=O)N2CCN(C(=O)C3(n4cccn4)CCNCC3)CC2)cc1. The zero-order valence-electron chi connectivity index (χ0n) is 17.0. The predicted molar refractivity (Wildman–Crippen MR) is 110 cm³/mol. The summed E-state index contributed by atoms with van der Waals surface area (Å²) in [6, 6.07) is 9.97. The Morgan fingerprint density at radius 3 is 2.31 bits per heavy atom. The van der Waals surface area contributed by atoms with Crippen molar-refractivity contribution in [2.75, 3.05) is 39.3 Å². The van der Waals surface area contributed by atoms with Gasteiger partial charge in [-0.3, -0.25) is 14.3 Å². The Morgan fingerprint density at radius 1 is 1.03 bits per heavy atom. The summed E-state index contributed by atoms with van der Waals surface area (Å²) >= 11 is 0. The van der Waals surface area contributed by atoms with Gasteiger partial charge < -0.3 is 15.1 Å². The van der Waals surface area contributed by atoms with E-state index in [0.717, 1.165) is 31.5 Å². The van der Waals surface area contributed by atoms with Gasteiger partial charge in [0, 0.05) is 38.6 Å². The Morgan fingerprint density at radius 2 is 1.69 bits per heavy atom. The van der Waals surface area contributed by atoms with E-state index >= 15 is 0 Å². The Balaban J connectivity index is 1.39. The molecule has 0 atom stereocenters. The molecule has 7 nitrogen and oxygen atoms in total. The van der Waals surface area contributed by atoms with Crippen molar-refractivity contribution in [3.05, 3.63) is 53.9 Å². The number of aryl methyl sites for hydroxylation is 1. The molecule has 2 fully saturated rings. The lowest BCUT2D eigenvalue weighted by molar-refractivity contribution is -0.147. The summed E-state index contributed by atoms with van der Waals surface area (Å²) < 4.78 is 1.84. The normalized spacial score (nSPS) is 19.2. The minimum atomic E-state index is -0.608. The molecule has 2 aliphatic heterocycles. The Kier molecular flexibility index (Phi) is 5.67. The molecule has 2 saturated heterocycles. The van der Waals surface area contributed by atoms with Crippen molar-refractivity contribution in [2.24, 2.45) is 0 Å². The summed E-state index contributed by atoms with van der Waals surface area (Å²) in [6.45, 7) is 5.99. The molecule has 3 heterocycles. The lowest BCUT2D eigenvalue weighted by atomic mass is 9.86. The van der Waals surface area contributed by atoms with E-state index in [2.05, 4.69) is 10.4 Å². The third-order valence-corrected chi connectivity index (χ3v) is 6.17. The van der Waals surface area contributed by atoms with Crippen LogP contribution in [0.2, 0.25) is 0 Å². The predicted octanol–water partition coefficient (Wildman–Crippen LogP) is 1.18. The number of benzene rings is 1. The van der Waals surface area contributed by atoms with E-state index in [9.17, 15) is 9.59 Å². The Labute approximate surface area is 171 Å². The Bertz CT molecular complexity index is 833. The third-order valence-electron chi connectivity index (χ3n) is 6.17. The van der Waals surface area contributed by atoms with Gasteiger partial charge in [-0.05, 0) is 44.5 Å². The van der Waals surface area contributed by atoms with Gasteiger partial charge in [-0.2, -0.15) is 5.10 Å². The largest absolute Gasteiger partial charge is 0.339 e. The van der Waals surface area contributed by atoms with Gasteiger partial charge in [-0.15, -0.1) is 0 Å². The molecular weight excluding hydrogens is 366 g/mol. The molecule has 0 saturated carbocycles. The standard InChI is InChI=1S/C22H29N5O2/c1-18-3-5-19(6-4-18)17-20(28)25-13-15-26(16-14-25)21(29)22(7-10-23-11-8-22)27-12-2-9-24-27/h2-6,9,12,23H,7-8,10-11,13-17H2,1H3. The van der Waals surface area contributed by atoms with Crippen molar-refractivity contribution in [1.82, 2.24) is 24.9 Å². The van der Waals surface area contributed by atoms with Crippen molar-refractivity contribution in [3.8, 4) is 0 Å². The summed E-state index contributed by atoms with van der Waals surface area (Å²) in [7, 11) is 0. The van der Waals surface area contributed by atoms with E-state index in [1.54, 1.807) is 6.20 Å². The van der Waals surface area contributed by atoms with Gasteiger partial charge in [-0.25, -0.2) is 0 Å². The molecule has 0 unspecified atom stereocenters. The number of rotatable bonds is 4. The Hall–Kier alpha value is -2.67. The fourth-order valence-electron chi connectivity index (χ4n) is 4.35. The second kappa shape index (κ2) is 8.37. The first-order valence-corrected chi connectivity index (χ1v) is 10.4. The third kappa shape index (κ3) is 4.05. The van der Waals surface area contributed by atoms with Crippen LogP contribution in [0, 0.1) is 6.92 Å². The molecule has 0 spiro atoms. The topological polar surface area (TPSA) is 70.5 Å². The zero-order chi connectivity index (χ0) is 20.3. The van der Waals surface area contributed by atoms with E-state index in [4.69, 9.17) is 0 Å². The summed E-state index contributed by atoms with van der Waals surface area (Å²) in [5.41, 5.74) is 1.62. The van der Waals surface area contributed by atoms with Crippen LogP contribution in [0.1, 0.15) is 24.0 Å². The van der Waals surface area contributed by atoms with Crippen LogP contribution in [0.4, 0.5) is 0 Å². The molecule has 4 rings (SSSR count). The highest BCUT2D eigenvalue weighted by atomic mass is 16.2. The number of hydrogen-bond donors (Lipinski definition) is 1. The van der Waals surface area contributed by atoms with Crippen LogP contribution in [-0.2, 0) is 21.5 Å². The molecule has 2 amide bonds. The average Bonchev–Trinajstić information content (AvgIpc) is 3.31. The van der Waals surface area contributed by atoms with Crippen LogP contribution >= 0.6 is 0 Å². The number of amides is 2. The highest BCUT2D eigenvalue weighted by Gasteiger charge is 2.45. The quantitative estimate of drug-likeness (QED) is 0.844. The van der Waals surface area contributed by atoms with Crippen LogP contribution in [0.3, 0.4) is 0 Å². The van der Waals surface area contributed by atoms with Gasteiger partial charge in [0.15, 0.2) is 0 Å². The van der Waals surface area contributed by atoms with E-state index < -0.39 is 5.54 Å². The number of carbonyl (C=O) groups is 2. The smallest absolute Gasteiger partial charge is 0.250 e. The van der Waals surface area contributed by atoms with Gasteiger partial charge in [0.05, 0.1) is 6.42 Å². The molecule has 154 valence electrons. The molecular formula is C22H29N5O2. The number of piperidine rings is 1. The second-order valence-electron chi connectivity index (χ2n) is 8.07. The summed E-state index contributed by atoms with van der Waals surface area (Å²) in [4.78, 5) is 30.0. The van der Waals surface area contributed by atoms with Gasteiger partial charge >= 0.3 is 0 Å². The van der Waals surface area contributed by atoms with E-state index in [1.165, 1.54) is 5.56 Å². The fourth-order valence-corrected chi connectivity index (χ4v) is 4.35. The molecule has 2 aromatic rings. The van der Waals surface area contributed by atoms with Gasteiger partial charge in [0.2, 0.25) is 5.91 Å². The molecule has 7 heteroatoms. The highest BCUT2D eigenvalue weighted by Crippen LogP contribution is 2.30. The van der Waals surface area contributed by atoms with E-state index in [0.29, 0.717) is 32.6 Å². The molecule has 1 aromatic heterocycles. The van der Waals surface area contributed by atoms with Crippen molar-refractivity contribution < 1.29 is 9.59 Å². The number of aromatic nitrogens is 2. The van der Waals surface area contributed by atoms with Crippen LogP contribution in [0.5, 0.6) is 0 Å². The van der Waals surface area contributed by atoms with Crippen molar-refractivity contribution in [2.45, 2.75) is 31.7 Å². The first kappa shape index (κ1) is 19.6. The summed E-state index contributed by atoms with van der Waals surface area (Å²) in [5.74, 6) is 0.262. The molecule has 29 heavy (non-hydrogen) atoms. The maximum absolute atomic E-state index is 13.5. The number of nitrogens with one attached hydrogen (secondary N) is 1. The van der Waals surface area contributed by atoms with E-state index in [-0.39, 0.29) is 11.8 Å². The van der Waals surface area contributed by atoms with Crippen LogP contribution in [0.25, 0.3) is 0 Å². The average molecular weight is 396 g/mol. The fraction of sp³-hybridized carbons (Fsp3) is 0.500. The van der Waals surface area contributed by atoms with Crippen molar-refractivity contribution >= 4 is 11.8 Å².